The lowest BCUT2D eigenvalue weighted by molar-refractivity contribution is -0.113. The van der Waals surface area contributed by atoms with E-state index >= 15 is 0 Å². The molecule has 1 aromatic carbocycles. The summed E-state index contributed by atoms with van der Waals surface area (Å²) in [5.41, 5.74) is 3.56. The van der Waals surface area contributed by atoms with E-state index in [4.69, 9.17) is 0 Å². The molecular formula is C26H34N4OS. The minimum Gasteiger partial charge on any atom is -0.325 e. The molecule has 0 spiro atoms. The highest BCUT2D eigenvalue weighted by Crippen LogP contribution is 2.61. The topological polar surface area (TPSA) is 59.8 Å². The molecule has 4 fully saturated rings. The fourth-order valence-electron chi connectivity index (χ4n) is 6.98. The Kier molecular flexibility index (Phi) is 5.91. The van der Waals surface area contributed by atoms with E-state index in [9.17, 15) is 4.79 Å². The van der Waals surface area contributed by atoms with Gasteiger partial charge in [-0.15, -0.1) is 16.8 Å². The zero-order valence-electron chi connectivity index (χ0n) is 19.3. The molecule has 1 N–H and O–H groups in total. The van der Waals surface area contributed by atoms with Crippen LogP contribution in [0.3, 0.4) is 0 Å². The van der Waals surface area contributed by atoms with Crippen LogP contribution in [0.1, 0.15) is 55.5 Å². The molecule has 1 aromatic heterocycles. The number of hydrogen-bond donors (Lipinski definition) is 1. The van der Waals surface area contributed by atoms with Gasteiger partial charge in [-0.3, -0.25) is 4.79 Å². The van der Waals surface area contributed by atoms with E-state index in [0.29, 0.717) is 17.7 Å². The highest BCUT2D eigenvalue weighted by Gasteiger charge is 2.51. The van der Waals surface area contributed by atoms with Crippen LogP contribution in [0.25, 0.3) is 0 Å². The highest BCUT2D eigenvalue weighted by molar-refractivity contribution is 7.99. The maximum Gasteiger partial charge on any atom is 0.234 e. The molecule has 4 aliphatic carbocycles. The molecule has 5 nitrogen and oxygen atoms in total. The van der Waals surface area contributed by atoms with Gasteiger partial charge in [0.1, 0.15) is 5.82 Å². The largest absolute Gasteiger partial charge is 0.325 e. The summed E-state index contributed by atoms with van der Waals surface area (Å²) in [5, 5.41) is 12.9. The van der Waals surface area contributed by atoms with Crippen molar-refractivity contribution in [1.82, 2.24) is 14.8 Å². The van der Waals surface area contributed by atoms with Crippen LogP contribution in [0.5, 0.6) is 0 Å². The minimum atomic E-state index is -0.0160. The first-order valence-corrected chi connectivity index (χ1v) is 12.9. The Morgan fingerprint density at radius 3 is 2.50 bits per heavy atom. The van der Waals surface area contributed by atoms with E-state index in [1.165, 1.54) is 55.9 Å². The summed E-state index contributed by atoms with van der Waals surface area (Å²) < 4.78 is 2.18. The Morgan fingerprint density at radius 1 is 1.19 bits per heavy atom. The summed E-state index contributed by atoms with van der Waals surface area (Å²) in [5.74, 6) is 4.17. The van der Waals surface area contributed by atoms with Crippen molar-refractivity contribution in [2.75, 3.05) is 11.1 Å². The molecule has 0 unspecified atom stereocenters. The Hall–Kier alpha value is -2.08. The second-order valence-electron chi connectivity index (χ2n) is 10.5. The van der Waals surface area contributed by atoms with Gasteiger partial charge in [0, 0.05) is 18.7 Å². The van der Waals surface area contributed by atoms with Gasteiger partial charge in [-0.1, -0.05) is 35.5 Å². The number of aromatic nitrogens is 3. The van der Waals surface area contributed by atoms with Crippen molar-refractivity contribution in [3.63, 3.8) is 0 Å². The van der Waals surface area contributed by atoms with Gasteiger partial charge in [0.05, 0.1) is 5.75 Å². The SMILES string of the molecule is C=CCn1c(CC23CC4CC(CC(C4)C2)C3)nnc1SCC(=O)Nc1ccc(C)cc1C. The lowest BCUT2D eigenvalue weighted by atomic mass is 9.49. The van der Waals surface area contributed by atoms with Gasteiger partial charge in [0.15, 0.2) is 5.16 Å². The van der Waals surface area contributed by atoms with Gasteiger partial charge in [-0.05, 0) is 87.2 Å². The molecule has 4 bridgehead atoms. The van der Waals surface area contributed by atoms with E-state index in [-0.39, 0.29) is 5.91 Å². The number of nitrogens with one attached hydrogen (secondary N) is 1. The fourth-order valence-corrected chi connectivity index (χ4v) is 7.75. The van der Waals surface area contributed by atoms with Crippen molar-refractivity contribution < 1.29 is 4.79 Å². The maximum atomic E-state index is 12.6. The number of hydrogen-bond acceptors (Lipinski definition) is 4. The lowest BCUT2D eigenvalue weighted by Gasteiger charge is -2.56. The van der Waals surface area contributed by atoms with Crippen molar-refractivity contribution in [3.05, 3.63) is 47.8 Å². The first-order chi connectivity index (χ1) is 15.4. The van der Waals surface area contributed by atoms with Gasteiger partial charge in [-0.2, -0.15) is 0 Å². The van der Waals surface area contributed by atoms with E-state index < -0.39 is 0 Å². The number of carbonyl (C=O) groups is 1. The summed E-state index contributed by atoms with van der Waals surface area (Å²) >= 11 is 1.47. The third kappa shape index (κ3) is 4.39. The second-order valence-corrected chi connectivity index (χ2v) is 11.5. The summed E-state index contributed by atoms with van der Waals surface area (Å²) in [4.78, 5) is 12.6. The van der Waals surface area contributed by atoms with Gasteiger partial charge in [-0.25, -0.2) is 0 Å². The van der Waals surface area contributed by atoms with E-state index in [2.05, 4.69) is 39.7 Å². The van der Waals surface area contributed by atoms with Crippen LogP contribution in [-0.2, 0) is 17.8 Å². The van der Waals surface area contributed by atoms with Crippen molar-refractivity contribution in [3.8, 4) is 0 Å². The summed E-state index contributed by atoms with van der Waals surface area (Å²) in [6.07, 6.45) is 11.4. The molecule has 170 valence electrons. The number of rotatable bonds is 8. The van der Waals surface area contributed by atoms with Crippen LogP contribution in [0, 0.1) is 37.0 Å². The molecule has 6 heteroatoms. The highest BCUT2D eigenvalue weighted by atomic mass is 32.2. The van der Waals surface area contributed by atoms with Crippen molar-refractivity contribution in [1.29, 1.82) is 0 Å². The number of benzene rings is 1. The van der Waals surface area contributed by atoms with E-state index in [0.717, 1.165) is 46.4 Å². The average Bonchev–Trinajstić information content (AvgIpc) is 3.08. The molecule has 6 rings (SSSR count). The first-order valence-electron chi connectivity index (χ1n) is 12.0. The van der Waals surface area contributed by atoms with Crippen LogP contribution in [0.2, 0.25) is 0 Å². The number of thioether (sulfide) groups is 1. The molecule has 4 saturated carbocycles. The van der Waals surface area contributed by atoms with Crippen molar-refractivity contribution in [2.45, 2.75) is 70.5 Å². The molecular weight excluding hydrogens is 416 g/mol. The third-order valence-corrected chi connectivity index (χ3v) is 8.76. The van der Waals surface area contributed by atoms with E-state index in [1.807, 2.05) is 25.1 Å². The normalized spacial score (nSPS) is 28.1. The average molecular weight is 451 g/mol. The smallest absolute Gasteiger partial charge is 0.234 e. The number of nitrogens with zero attached hydrogens (tertiary/aromatic N) is 3. The Morgan fingerprint density at radius 2 is 1.88 bits per heavy atom. The lowest BCUT2D eigenvalue weighted by Crippen LogP contribution is -2.47. The molecule has 0 saturated heterocycles. The predicted octanol–water partition coefficient (Wildman–Crippen LogP) is 5.57. The van der Waals surface area contributed by atoms with Crippen molar-refractivity contribution >= 4 is 23.4 Å². The predicted molar refractivity (Wildman–Crippen MR) is 130 cm³/mol. The number of anilines is 1. The maximum absolute atomic E-state index is 12.6. The van der Waals surface area contributed by atoms with Gasteiger partial charge >= 0.3 is 0 Å². The van der Waals surface area contributed by atoms with Crippen molar-refractivity contribution in [2.24, 2.45) is 23.2 Å². The molecule has 32 heavy (non-hydrogen) atoms. The molecule has 0 aliphatic heterocycles. The fraction of sp³-hybridized carbons (Fsp3) is 0.577. The minimum absolute atomic E-state index is 0.0160. The summed E-state index contributed by atoms with van der Waals surface area (Å²) in [6.45, 7) is 8.72. The standard InChI is InChI=1S/C26H34N4OS/c1-4-7-30-23(15-26-12-19-9-20(13-26)11-21(10-19)14-26)28-29-25(30)32-16-24(31)27-22-6-5-17(2)8-18(22)3/h4-6,8,19-21H,1,7,9-16H2,2-3H3,(H,27,31). The first kappa shape index (κ1) is 21.7. The van der Waals surface area contributed by atoms with E-state index in [1.54, 1.807) is 0 Å². The number of carbonyl (C=O) groups excluding carboxylic acids is 1. The summed E-state index contributed by atoms with van der Waals surface area (Å²) in [7, 11) is 0. The zero-order chi connectivity index (χ0) is 22.3. The Balaban J connectivity index is 1.26. The molecule has 1 heterocycles. The van der Waals surface area contributed by atoms with Crippen LogP contribution < -0.4 is 5.32 Å². The Bertz CT molecular complexity index is 992. The third-order valence-electron chi connectivity index (χ3n) is 7.79. The van der Waals surface area contributed by atoms with Crippen LogP contribution >= 0.6 is 11.8 Å². The van der Waals surface area contributed by atoms with Gasteiger partial charge < -0.3 is 9.88 Å². The van der Waals surface area contributed by atoms with Crippen LogP contribution in [0.4, 0.5) is 5.69 Å². The molecule has 4 aliphatic rings. The van der Waals surface area contributed by atoms with Crippen LogP contribution in [0.15, 0.2) is 36.0 Å². The zero-order valence-corrected chi connectivity index (χ0v) is 20.1. The number of allylic oxidation sites excluding steroid dienone is 1. The molecule has 0 atom stereocenters. The number of amides is 1. The quantitative estimate of drug-likeness (QED) is 0.422. The molecule has 2 aromatic rings. The van der Waals surface area contributed by atoms with Gasteiger partial charge in [0.2, 0.25) is 5.91 Å². The second kappa shape index (κ2) is 8.69. The number of aryl methyl sites for hydroxylation is 2. The van der Waals surface area contributed by atoms with Gasteiger partial charge in [0.25, 0.3) is 0 Å². The summed E-state index contributed by atoms with van der Waals surface area (Å²) in [6, 6.07) is 6.07. The van der Waals surface area contributed by atoms with Crippen LogP contribution in [-0.4, -0.2) is 26.4 Å². The monoisotopic (exact) mass is 450 g/mol. The molecule has 0 radical (unpaired) electrons. The Labute approximate surface area is 195 Å². The molecule has 1 amide bonds.